The Kier molecular flexibility index (Phi) is 7.14. The van der Waals surface area contributed by atoms with Gasteiger partial charge in [-0.3, -0.25) is 4.40 Å². The molecule has 0 spiro atoms. The van der Waals surface area contributed by atoms with Gasteiger partial charge >= 0.3 is 0 Å². The van der Waals surface area contributed by atoms with Crippen LogP contribution in [0.3, 0.4) is 0 Å². The number of fused-ring (bicyclic) bond motifs is 8. The maximum absolute atomic E-state index is 5.02. The Balaban J connectivity index is 1.07. The minimum atomic E-state index is 0.947. The molecular weight excluding hydrogens is 669 g/mol. The molecule has 0 amide bonds. The van der Waals surface area contributed by atoms with Crippen molar-refractivity contribution < 1.29 is 0 Å². The first-order chi connectivity index (χ1) is 27.3. The summed E-state index contributed by atoms with van der Waals surface area (Å²) in [6.45, 7) is 0. The Morgan fingerprint density at radius 1 is 0.400 bits per heavy atom. The summed E-state index contributed by atoms with van der Waals surface area (Å²) < 4.78 is 4.63. The molecule has 0 saturated heterocycles. The first kappa shape index (κ1) is 31.1. The highest BCUT2D eigenvalue weighted by molar-refractivity contribution is 6.22. The fourth-order valence-corrected chi connectivity index (χ4v) is 8.28. The predicted molar refractivity (Wildman–Crippen MR) is 230 cm³/mol. The lowest BCUT2D eigenvalue weighted by molar-refractivity contribution is 1.15. The number of benzene rings is 8. The van der Waals surface area contributed by atoms with Gasteiger partial charge in [-0.1, -0.05) is 127 Å². The standard InChI is InChI=1S/C51H34N4/c1-3-11-35(12-4-1)37-19-24-40(25-20-37)54(41-26-21-38(22-27-41)36-13-5-2-6-14-36)42-28-30-43(31-29-42)55-48-32-23-39-15-7-8-16-44(39)51(48)45-33-50-52-46-17-9-10-18-47(46)53(50)34-49(45)55/h1-34H. The van der Waals surface area contributed by atoms with E-state index in [9.17, 15) is 0 Å². The second-order valence-electron chi connectivity index (χ2n) is 14.1. The highest BCUT2D eigenvalue weighted by atomic mass is 15.1. The molecule has 4 nitrogen and oxygen atoms in total. The van der Waals surface area contributed by atoms with Crippen LogP contribution in [0.15, 0.2) is 206 Å². The molecule has 0 radical (unpaired) electrons. The molecule has 258 valence electrons. The van der Waals surface area contributed by atoms with Gasteiger partial charge in [0.2, 0.25) is 0 Å². The largest absolute Gasteiger partial charge is 0.311 e. The molecule has 0 aliphatic heterocycles. The number of hydrogen-bond donors (Lipinski definition) is 0. The molecule has 0 atom stereocenters. The van der Waals surface area contributed by atoms with Crippen molar-refractivity contribution in [1.29, 1.82) is 0 Å². The minimum absolute atomic E-state index is 0.947. The van der Waals surface area contributed by atoms with Crippen molar-refractivity contribution in [1.82, 2.24) is 14.0 Å². The molecular formula is C51H34N4. The van der Waals surface area contributed by atoms with Crippen LogP contribution in [-0.2, 0) is 0 Å². The predicted octanol–water partition coefficient (Wildman–Crippen LogP) is 13.5. The van der Waals surface area contributed by atoms with Crippen LogP contribution in [0, 0.1) is 0 Å². The van der Waals surface area contributed by atoms with Crippen molar-refractivity contribution in [3.63, 3.8) is 0 Å². The van der Waals surface area contributed by atoms with Gasteiger partial charge in [-0.05, 0) is 106 Å². The number of pyridine rings is 1. The molecule has 11 aromatic rings. The van der Waals surface area contributed by atoms with Crippen LogP contribution in [0.25, 0.3) is 77.2 Å². The summed E-state index contributed by atoms with van der Waals surface area (Å²) in [6.07, 6.45) is 2.26. The van der Waals surface area contributed by atoms with Gasteiger partial charge < -0.3 is 9.47 Å². The number of aromatic nitrogens is 3. The number of nitrogens with zero attached hydrogens (tertiary/aromatic N) is 4. The SMILES string of the molecule is c1ccc(-c2ccc(N(c3ccc(-c4ccccc4)cc3)c3ccc(-n4c5cn6c(cc5c5c7ccccc7ccc54)nc4ccccc46)cc3)cc2)cc1. The maximum Gasteiger partial charge on any atom is 0.138 e. The highest BCUT2D eigenvalue weighted by Crippen LogP contribution is 2.40. The van der Waals surface area contributed by atoms with Gasteiger partial charge in [0.05, 0.1) is 22.1 Å². The molecule has 3 heterocycles. The fraction of sp³-hybridized carbons (Fsp3) is 0. The van der Waals surface area contributed by atoms with Gasteiger partial charge in [-0.15, -0.1) is 0 Å². The van der Waals surface area contributed by atoms with Crippen molar-refractivity contribution >= 4 is 66.3 Å². The Morgan fingerprint density at radius 2 is 0.945 bits per heavy atom. The monoisotopic (exact) mass is 702 g/mol. The molecule has 3 aromatic heterocycles. The smallest absolute Gasteiger partial charge is 0.138 e. The summed E-state index contributed by atoms with van der Waals surface area (Å²) >= 11 is 0. The summed E-state index contributed by atoms with van der Waals surface area (Å²) in [5.41, 5.74) is 14.5. The zero-order valence-electron chi connectivity index (χ0n) is 29.9. The summed E-state index contributed by atoms with van der Waals surface area (Å²) in [7, 11) is 0. The van der Waals surface area contributed by atoms with E-state index in [1.54, 1.807) is 0 Å². The highest BCUT2D eigenvalue weighted by Gasteiger charge is 2.19. The lowest BCUT2D eigenvalue weighted by atomic mass is 10.0. The Morgan fingerprint density at radius 3 is 1.60 bits per heavy atom. The van der Waals surface area contributed by atoms with E-state index in [1.165, 1.54) is 49.3 Å². The Hall–Kier alpha value is -7.43. The summed E-state index contributed by atoms with van der Waals surface area (Å²) in [5.74, 6) is 0. The summed E-state index contributed by atoms with van der Waals surface area (Å²) in [4.78, 5) is 7.36. The lowest BCUT2D eigenvalue weighted by Crippen LogP contribution is -2.10. The van der Waals surface area contributed by atoms with Crippen LogP contribution in [0.4, 0.5) is 17.1 Å². The second kappa shape index (κ2) is 12.6. The zero-order valence-corrected chi connectivity index (χ0v) is 29.9. The fourth-order valence-electron chi connectivity index (χ4n) is 8.28. The van der Waals surface area contributed by atoms with Gasteiger partial charge in [-0.25, -0.2) is 4.98 Å². The molecule has 55 heavy (non-hydrogen) atoms. The van der Waals surface area contributed by atoms with Gasteiger partial charge in [0, 0.05) is 39.7 Å². The molecule has 11 rings (SSSR count). The first-order valence-corrected chi connectivity index (χ1v) is 18.7. The molecule has 0 bridgehead atoms. The molecule has 0 aliphatic carbocycles. The van der Waals surface area contributed by atoms with Crippen molar-refractivity contribution in [2.24, 2.45) is 0 Å². The third-order valence-electron chi connectivity index (χ3n) is 10.9. The summed E-state index contributed by atoms with van der Waals surface area (Å²) in [6, 6.07) is 71.7. The maximum atomic E-state index is 5.02. The van der Waals surface area contributed by atoms with Gasteiger partial charge in [-0.2, -0.15) is 0 Å². The van der Waals surface area contributed by atoms with Crippen LogP contribution in [0.5, 0.6) is 0 Å². The van der Waals surface area contributed by atoms with E-state index < -0.39 is 0 Å². The third kappa shape index (κ3) is 5.19. The number of anilines is 3. The molecule has 8 aromatic carbocycles. The van der Waals surface area contributed by atoms with E-state index in [1.807, 2.05) is 0 Å². The van der Waals surface area contributed by atoms with Crippen LogP contribution in [0.1, 0.15) is 0 Å². The molecule has 0 N–H and O–H groups in total. The Labute approximate surface area is 318 Å². The molecule has 0 aliphatic rings. The van der Waals surface area contributed by atoms with Gasteiger partial charge in [0.25, 0.3) is 0 Å². The average Bonchev–Trinajstić information content (AvgIpc) is 3.79. The lowest BCUT2D eigenvalue weighted by Gasteiger charge is -2.26. The molecule has 0 fully saturated rings. The Bertz CT molecular complexity index is 3080. The molecule has 0 saturated carbocycles. The molecule has 0 unspecified atom stereocenters. The quantitative estimate of drug-likeness (QED) is 0.172. The van der Waals surface area contributed by atoms with E-state index in [2.05, 4.69) is 220 Å². The van der Waals surface area contributed by atoms with E-state index >= 15 is 0 Å². The minimum Gasteiger partial charge on any atom is -0.311 e. The number of para-hydroxylation sites is 2. The average molecular weight is 703 g/mol. The molecule has 4 heteroatoms. The number of rotatable bonds is 6. The number of imidazole rings is 1. The van der Waals surface area contributed by atoms with E-state index in [0.717, 1.165) is 44.9 Å². The topological polar surface area (TPSA) is 25.5 Å². The van der Waals surface area contributed by atoms with Crippen molar-refractivity contribution in [3.05, 3.63) is 206 Å². The van der Waals surface area contributed by atoms with Crippen LogP contribution in [-0.4, -0.2) is 14.0 Å². The first-order valence-electron chi connectivity index (χ1n) is 18.7. The third-order valence-corrected chi connectivity index (χ3v) is 10.9. The van der Waals surface area contributed by atoms with Crippen LogP contribution >= 0.6 is 0 Å². The van der Waals surface area contributed by atoms with Gasteiger partial charge in [0.1, 0.15) is 5.65 Å². The number of hydrogen-bond acceptors (Lipinski definition) is 2. The van der Waals surface area contributed by atoms with E-state index in [0.29, 0.717) is 0 Å². The van der Waals surface area contributed by atoms with Crippen molar-refractivity contribution in [3.8, 4) is 27.9 Å². The second-order valence-corrected chi connectivity index (χ2v) is 14.1. The normalized spacial score (nSPS) is 11.6. The van der Waals surface area contributed by atoms with Crippen LogP contribution in [0.2, 0.25) is 0 Å². The van der Waals surface area contributed by atoms with Gasteiger partial charge in [0.15, 0.2) is 0 Å². The zero-order chi connectivity index (χ0) is 36.3. The summed E-state index contributed by atoms with van der Waals surface area (Å²) in [5, 5.41) is 4.90. The van der Waals surface area contributed by atoms with Crippen molar-refractivity contribution in [2.75, 3.05) is 4.90 Å². The van der Waals surface area contributed by atoms with Crippen LogP contribution < -0.4 is 4.90 Å². The van der Waals surface area contributed by atoms with Crippen molar-refractivity contribution in [2.45, 2.75) is 0 Å². The van der Waals surface area contributed by atoms with E-state index in [4.69, 9.17) is 4.98 Å². The van der Waals surface area contributed by atoms with E-state index in [-0.39, 0.29) is 0 Å².